The fourth-order valence-corrected chi connectivity index (χ4v) is 4.12. The van der Waals surface area contributed by atoms with Crippen molar-refractivity contribution >= 4 is 33.3 Å². The summed E-state index contributed by atoms with van der Waals surface area (Å²) in [4.78, 5) is 23.3. The minimum absolute atomic E-state index is 0.0720. The molecular formula is C18H25FN4O2S. The van der Waals surface area contributed by atoms with Gasteiger partial charge in [-0.15, -0.1) is 11.3 Å². The number of halogens is 1. The maximum atomic E-state index is 14.3. The van der Waals surface area contributed by atoms with Crippen molar-refractivity contribution in [2.45, 2.75) is 52.2 Å². The lowest BCUT2D eigenvalue weighted by Gasteiger charge is -2.19. The van der Waals surface area contributed by atoms with Gasteiger partial charge in [0.25, 0.3) is 5.91 Å². The summed E-state index contributed by atoms with van der Waals surface area (Å²) in [5.41, 5.74) is -0.689. The van der Waals surface area contributed by atoms with Crippen LogP contribution in [0, 0.1) is 20.8 Å². The molecule has 142 valence electrons. The summed E-state index contributed by atoms with van der Waals surface area (Å²) in [7, 11) is 0. The SMILES string of the molecule is Cc1nc(N[C@@H](C)CCNC(=O)C2(F)CCOC2)c2c(C)c(C)sc2n1. The van der Waals surface area contributed by atoms with Gasteiger partial charge in [0.05, 0.1) is 18.6 Å². The molecule has 8 heteroatoms. The average molecular weight is 380 g/mol. The van der Waals surface area contributed by atoms with Crippen LogP contribution in [0.2, 0.25) is 0 Å². The number of rotatable bonds is 6. The van der Waals surface area contributed by atoms with Gasteiger partial charge in [0.2, 0.25) is 5.67 Å². The Balaban J connectivity index is 1.61. The monoisotopic (exact) mass is 380 g/mol. The van der Waals surface area contributed by atoms with Gasteiger partial charge in [-0.05, 0) is 39.7 Å². The standard InChI is InChI=1S/C18H25FN4O2S/c1-10(5-7-20-17(24)18(19)6-8-25-9-18)21-15-14-11(2)12(3)26-16(14)23-13(4)22-15/h10H,5-9H2,1-4H3,(H,20,24)(H,21,22,23)/t10-,18?/m0/s1. The molecule has 2 aromatic rings. The maximum absolute atomic E-state index is 14.3. The lowest BCUT2D eigenvalue weighted by Crippen LogP contribution is -2.44. The van der Waals surface area contributed by atoms with Gasteiger partial charge in [-0.3, -0.25) is 4.79 Å². The number of thiophene rings is 1. The first-order chi connectivity index (χ1) is 12.3. The Morgan fingerprint density at radius 2 is 2.15 bits per heavy atom. The van der Waals surface area contributed by atoms with E-state index in [1.54, 1.807) is 11.3 Å². The van der Waals surface area contributed by atoms with Crippen molar-refractivity contribution in [1.29, 1.82) is 0 Å². The molecule has 1 saturated heterocycles. The normalized spacial score (nSPS) is 21.1. The number of nitrogens with one attached hydrogen (secondary N) is 2. The number of aromatic nitrogens is 2. The fraction of sp³-hybridized carbons (Fsp3) is 0.611. The summed E-state index contributed by atoms with van der Waals surface area (Å²) in [6.45, 7) is 8.60. The molecule has 2 atom stereocenters. The van der Waals surface area contributed by atoms with Crippen molar-refractivity contribution in [2.75, 3.05) is 25.1 Å². The largest absolute Gasteiger partial charge is 0.377 e. The van der Waals surface area contributed by atoms with Crippen molar-refractivity contribution in [3.63, 3.8) is 0 Å². The van der Waals surface area contributed by atoms with E-state index in [-0.39, 0.29) is 19.1 Å². The van der Waals surface area contributed by atoms with Gasteiger partial charge in [-0.1, -0.05) is 0 Å². The van der Waals surface area contributed by atoms with Crippen LogP contribution >= 0.6 is 11.3 Å². The highest BCUT2D eigenvalue weighted by Crippen LogP contribution is 2.33. The molecule has 3 rings (SSSR count). The van der Waals surface area contributed by atoms with Crippen molar-refractivity contribution < 1.29 is 13.9 Å². The first-order valence-corrected chi connectivity index (χ1v) is 9.67. The van der Waals surface area contributed by atoms with Gasteiger partial charge in [0.1, 0.15) is 16.5 Å². The van der Waals surface area contributed by atoms with Crippen LogP contribution in [0.5, 0.6) is 0 Å². The van der Waals surface area contributed by atoms with Crippen molar-refractivity contribution in [3.05, 3.63) is 16.3 Å². The minimum atomic E-state index is -1.88. The second kappa shape index (κ2) is 7.44. The van der Waals surface area contributed by atoms with E-state index < -0.39 is 11.6 Å². The fourth-order valence-electron chi connectivity index (χ4n) is 3.05. The highest BCUT2D eigenvalue weighted by Gasteiger charge is 2.42. The summed E-state index contributed by atoms with van der Waals surface area (Å²) in [6, 6.07) is 0.0720. The molecule has 0 aliphatic carbocycles. The first-order valence-electron chi connectivity index (χ1n) is 8.86. The molecule has 1 aliphatic heterocycles. The number of nitrogens with zero attached hydrogens (tertiary/aromatic N) is 2. The molecule has 6 nitrogen and oxygen atoms in total. The molecule has 0 bridgehead atoms. The van der Waals surface area contributed by atoms with E-state index in [9.17, 15) is 9.18 Å². The van der Waals surface area contributed by atoms with E-state index in [4.69, 9.17) is 4.74 Å². The lowest BCUT2D eigenvalue weighted by molar-refractivity contribution is -0.132. The molecule has 0 aromatic carbocycles. The number of ether oxygens (including phenoxy) is 1. The van der Waals surface area contributed by atoms with E-state index in [0.29, 0.717) is 19.6 Å². The summed E-state index contributed by atoms with van der Waals surface area (Å²) in [5, 5.41) is 7.16. The second-order valence-electron chi connectivity index (χ2n) is 6.94. The Morgan fingerprint density at radius 3 is 2.85 bits per heavy atom. The van der Waals surface area contributed by atoms with E-state index >= 15 is 0 Å². The van der Waals surface area contributed by atoms with Crippen LogP contribution in [0.15, 0.2) is 0 Å². The van der Waals surface area contributed by atoms with E-state index in [0.717, 1.165) is 21.9 Å². The highest BCUT2D eigenvalue weighted by molar-refractivity contribution is 7.18. The quantitative estimate of drug-likeness (QED) is 0.806. The molecule has 3 heterocycles. The molecule has 2 N–H and O–H groups in total. The summed E-state index contributed by atoms with van der Waals surface area (Å²) in [6.07, 6.45) is 0.789. The van der Waals surface area contributed by atoms with E-state index in [2.05, 4.69) is 34.4 Å². The van der Waals surface area contributed by atoms with E-state index in [1.165, 1.54) is 10.4 Å². The van der Waals surface area contributed by atoms with Gasteiger partial charge < -0.3 is 15.4 Å². The third kappa shape index (κ3) is 3.81. The van der Waals surface area contributed by atoms with Gasteiger partial charge in [-0.2, -0.15) is 0 Å². The zero-order valence-corrected chi connectivity index (χ0v) is 16.4. The molecule has 1 unspecified atom stereocenters. The molecule has 0 spiro atoms. The van der Waals surface area contributed by atoms with Gasteiger partial charge in [0.15, 0.2) is 0 Å². The molecule has 1 amide bonds. The number of hydrogen-bond acceptors (Lipinski definition) is 6. The Morgan fingerprint density at radius 1 is 1.38 bits per heavy atom. The number of alkyl halides is 1. The van der Waals surface area contributed by atoms with Crippen molar-refractivity contribution in [1.82, 2.24) is 15.3 Å². The lowest BCUT2D eigenvalue weighted by atomic mass is 10.0. The van der Waals surface area contributed by atoms with Crippen molar-refractivity contribution in [3.8, 4) is 0 Å². The predicted octanol–water partition coefficient (Wildman–Crippen LogP) is 3.05. The van der Waals surface area contributed by atoms with Gasteiger partial charge in [0, 0.05) is 23.9 Å². The summed E-state index contributed by atoms with van der Waals surface area (Å²) >= 11 is 1.67. The number of fused-ring (bicyclic) bond motifs is 1. The van der Waals surface area contributed by atoms with Gasteiger partial charge in [-0.25, -0.2) is 14.4 Å². The number of carbonyl (C=O) groups excluding carboxylic acids is 1. The Bertz CT molecular complexity index is 817. The molecule has 26 heavy (non-hydrogen) atoms. The molecule has 1 fully saturated rings. The molecule has 0 saturated carbocycles. The summed E-state index contributed by atoms with van der Waals surface area (Å²) in [5.74, 6) is 0.966. The average Bonchev–Trinajstić information content (AvgIpc) is 3.12. The van der Waals surface area contributed by atoms with Crippen LogP contribution in [0.25, 0.3) is 10.2 Å². The Hall–Kier alpha value is -1.80. The number of anilines is 1. The predicted molar refractivity (Wildman–Crippen MR) is 102 cm³/mol. The van der Waals surface area contributed by atoms with Crippen LogP contribution in [0.3, 0.4) is 0 Å². The van der Waals surface area contributed by atoms with Crippen LogP contribution in [-0.4, -0.2) is 47.3 Å². The Labute approximate surface area is 156 Å². The first kappa shape index (κ1) is 19.0. The maximum Gasteiger partial charge on any atom is 0.260 e. The topological polar surface area (TPSA) is 76.1 Å². The zero-order valence-electron chi connectivity index (χ0n) is 15.6. The molecule has 0 radical (unpaired) electrons. The smallest absolute Gasteiger partial charge is 0.260 e. The van der Waals surface area contributed by atoms with Crippen LogP contribution in [-0.2, 0) is 9.53 Å². The number of carbonyl (C=O) groups is 1. The van der Waals surface area contributed by atoms with Crippen molar-refractivity contribution in [2.24, 2.45) is 0 Å². The highest BCUT2D eigenvalue weighted by atomic mass is 32.1. The Kier molecular flexibility index (Phi) is 5.43. The second-order valence-corrected chi connectivity index (χ2v) is 8.14. The minimum Gasteiger partial charge on any atom is -0.377 e. The third-order valence-electron chi connectivity index (χ3n) is 4.77. The van der Waals surface area contributed by atoms with Crippen LogP contribution in [0.4, 0.5) is 10.2 Å². The van der Waals surface area contributed by atoms with Crippen LogP contribution in [0.1, 0.15) is 36.0 Å². The molecule has 2 aromatic heterocycles. The van der Waals surface area contributed by atoms with E-state index in [1.807, 2.05) is 13.8 Å². The summed E-state index contributed by atoms with van der Waals surface area (Å²) < 4.78 is 19.3. The third-order valence-corrected chi connectivity index (χ3v) is 5.87. The van der Waals surface area contributed by atoms with Gasteiger partial charge >= 0.3 is 0 Å². The number of aryl methyl sites for hydroxylation is 3. The molecular weight excluding hydrogens is 355 g/mol. The molecule has 1 aliphatic rings. The van der Waals surface area contributed by atoms with Crippen LogP contribution < -0.4 is 10.6 Å². The number of amides is 1. The zero-order chi connectivity index (χ0) is 18.9. The number of hydrogen-bond donors (Lipinski definition) is 2.